The number of aliphatic hydroxyl groups excluding tert-OH is 1. The van der Waals surface area contributed by atoms with Crippen molar-refractivity contribution >= 4 is 11.7 Å². The molecule has 1 fully saturated rings. The van der Waals surface area contributed by atoms with E-state index >= 15 is 0 Å². The lowest BCUT2D eigenvalue weighted by Gasteiger charge is -2.35. The van der Waals surface area contributed by atoms with Crippen LogP contribution in [0, 0.1) is 5.92 Å². The van der Waals surface area contributed by atoms with Crippen LogP contribution in [0.3, 0.4) is 0 Å². The SMILES string of the molecule is O=C1C2=C(OC3CCCCC13)C(=O)N(CCO)C2c1cccc(O)c1. The molecule has 0 saturated heterocycles. The molecule has 1 saturated carbocycles. The number of carbonyl (C=O) groups is 2. The van der Waals surface area contributed by atoms with E-state index in [4.69, 9.17) is 4.74 Å². The largest absolute Gasteiger partial charge is 0.508 e. The molecule has 0 radical (unpaired) electrons. The fourth-order valence-corrected chi connectivity index (χ4v) is 4.27. The smallest absolute Gasteiger partial charge is 0.290 e. The van der Waals surface area contributed by atoms with Crippen LogP contribution in [0.5, 0.6) is 5.75 Å². The molecule has 3 atom stereocenters. The molecule has 0 spiro atoms. The van der Waals surface area contributed by atoms with E-state index in [-0.39, 0.29) is 48.4 Å². The second kappa shape index (κ2) is 6.19. The minimum Gasteiger partial charge on any atom is -0.508 e. The van der Waals surface area contributed by atoms with Crippen LogP contribution < -0.4 is 0 Å². The molecule has 1 amide bonds. The first-order valence-corrected chi connectivity index (χ1v) is 8.77. The maximum Gasteiger partial charge on any atom is 0.290 e. The van der Waals surface area contributed by atoms with Gasteiger partial charge in [-0.15, -0.1) is 0 Å². The third-order valence-corrected chi connectivity index (χ3v) is 5.39. The van der Waals surface area contributed by atoms with Crippen molar-refractivity contribution in [1.82, 2.24) is 4.90 Å². The molecule has 0 bridgehead atoms. The average molecular weight is 343 g/mol. The predicted molar refractivity (Wildman–Crippen MR) is 88.5 cm³/mol. The van der Waals surface area contributed by atoms with Gasteiger partial charge in [0.1, 0.15) is 11.9 Å². The van der Waals surface area contributed by atoms with E-state index in [1.807, 2.05) is 0 Å². The lowest BCUT2D eigenvalue weighted by Crippen LogP contribution is -2.39. The molecule has 1 aromatic rings. The second-order valence-electron chi connectivity index (χ2n) is 6.87. The molecule has 6 nitrogen and oxygen atoms in total. The molecule has 25 heavy (non-hydrogen) atoms. The van der Waals surface area contributed by atoms with Crippen LogP contribution >= 0.6 is 0 Å². The lowest BCUT2D eigenvalue weighted by molar-refractivity contribution is -0.135. The molecule has 2 aliphatic heterocycles. The zero-order chi connectivity index (χ0) is 17.6. The van der Waals surface area contributed by atoms with Crippen molar-refractivity contribution in [2.24, 2.45) is 5.92 Å². The Hall–Kier alpha value is -2.34. The molecule has 132 valence electrons. The number of β-amino-alcohol motifs (C(OH)–C–C–N with tert-alkyl or cyclic N) is 1. The van der Waals surface area contributed by atoms with Gasteiger partial charge in [-0.1, -0.05) is 18.6 Å². The van der Waals surface area contributed by atoms with Gasteiger partial charge in [0.05, 0.1) is 24.1 Å². The van der Waals surface area contributed by atoms with E-state index < -0.39 is 6.04 Å². The number of Topliss-reactive ketones (excluding diaryl/α,β-unsaturated/α-hetero) is 1. The van der Waals surface area contributed by atoms with Crippen molar-refractivity contribution in [1.29, 1.82) is 0 Å². The Labute approximate surface area is 145 Å². The highest BCUT2D eigenvalue weighted by molar-refractivity contribution is 6.11. The highest BCUT2D eigenvalue weighted by atomic mass is 16.5. The zero-order valence-corrected chi connectivity index (χ0v) is 13.9. The number of ketones is 1. The van der Waals surface area contributed by atoms with Crippen molar-refractivity contribution in [3.8, 4) is 5.75 Å². The molecule has 3 unspecified atom stereocenters. The van der Waals surface area contributed by atoms with Gasteiger partial charge >= 0.3 is 0 Å². The first kappa shape index (κ1) is 16.1. The Balaban J connectivity index is 1.80. The Morgan fingerprint density at radius 3 is 2.76 bits per heavy atom. The van der Waals surface area contributed by atoms with E-state index in [0.717, 1.165) is 25.7 Å². The number of fused-ring (bicyclic) bond motifs is 1. The van der Waals surface area contributed by atoms with Gasteiger partial charge in [0.2, 0.25) is 0 Å². The van der Waals surface area contributed by atoms with Crippen molar-refractivity contribution < 1.29 is 24.5 Å². The van der Waals surface area contributed by atoms with Gasteiger partial charge in [-0.25, -0.2) is 0 Å². The molecular formula is C19H21NO5. The molecule has 2 heterocycles. The van der Waals surface area contributed by atoms with Crippen LogP contribution in [0.25, 0.3) is 0 Å². The number of phenolic OH excluding ortho intramolecular Hbond substituents is 1. The van der Waals surface area contributed by atoms with E-state index in [9.17, 15) is 19.8 Å². The summed E-state index contributed by atoms with van der Waals surface area (Å²) in [6.45, 7) is -0.0964. The highest BCUT2D eigenvalue weighted by Crippen LogP contribution is 2.46. The third-order valence-electron chi connectivity index (χ3n) is 5.39. The van der Waals surface area contributed by atoms with Crippen LogP contribution in [0.4, 0.5) is 0 Å². The van der Waals surface area contributed by atoms with E-state index in [1.165, 1.54) is 4.90 Å². The molecule has 2 N–H and O–H groups in total. The Morgan fingerprint density at radius 1 is 1.20 bits per heavy atom. The number of aliphatic hydroxyl groups is 1. The number of ether oxygens (including phenoxy) is 1. The molecule has 1 aromatic carbocycles. The normalized spacial score (nSPS) is 28.7. The van der Waals surface area contributed by atoms with Crippen LogP contribution in [0.1, 0.15) is 37.3 Å². The van der Waals surface area contributed by atoms with Gasteiger partial charge in [0.25, 0.3) is 5.91 Å². The van der Waals surface area contributed by atoms with Gasteiger partial charge in [-0.05, 0) is 37.0 Å². The number of benzene rings is 1. The number of aromatic hydroxyl groups is 1. The quantitative estimate of drug-likeness (QED) is 0.872. The number of hydrogen-bond donors (Lipinski definition) is 2. The molecule has 0 aromatic heterocycles. The minimum atomic E-state index is -0.614. The lowest BCUT2D eigenvalue weighted by atomic mass is 9.77. The maximum absolute atomic E-state index is 13.2. The summed E-state index contributed by atoms with van der Waals surface area (Å²) in [5.74, 6) is -0.366. The van der Waals surface area contributed by atoms with Crippen LogP contribution in [0.2, 0.25) is 0 Å². The number of nitrogens with zero attached hydrogens (tertiary/aromatic N) is 1. The van der Waals surface area contributed by atoms with Crippen LogP contribution in [-0.4, -0.2) is 46.1 Å². The number of amides is 1. The van der Waals surface area contributed by atoms with Crippen molar-refractivity contribution in [3.05, 3.63) is 41.2 Å². The molecular weight excluding hydrogens is 322 g/mol. The molecule has 6 heteroatoms. The average Bonchev–Trinajstić information content (AvgIpc) is 2.89. The topological polar surface area (TPSA) is 87.1 Å². The van der Waals surface area contributed by atoms with E-state index in [2.05, 4.69) is 0 Å². The monoisotopic (exact) mass is 343 g/mol. The maximum atomic E-state index is 13.2. The summed E-state index contributed by atoms with van der Waals surface area (Å²) < 4.78 is 5.98. The highest BCUT2D eigenvalue weighted by Gasteiger charge is 2.51. The Bertz CT molecular complexity index is 756. The van der Waals surface area contributed by atoms with Crippen molar-refractivity contribution in [2.75, 3.05) is 13.2 Å². The van der Waals surface area contributed by atoms with E-state index in [0.29, 0.717) is 11.1 Å². The first-order chi connectivity index (χ1) is 12.1. The van der Waals surface area contributed by atoms with Gasteiger partial charge in [0, 0.05) is 6.54 Å². The van der Waals surface area contributed by atoms with Crippen molar-refractivity contribution in [2.45, 2.75) is 37.8 Å². The summed E-state index contributed by atoms with van der Waals surface area (Å²) in [7, 11) is 0. The summed E-state index contributed by atoms with van der Waals surface area (Å²) >= 11 is 0. The van der Waals surface area contributed by atoms with Gasteiger partial charge in [-0.3, -0.25) is 9.59 Å². The summed E-state index contributed by atoms with van der Waals surface area (Å²) in [5.41, 5.74) is 1.03. The predicted octanol–water partition coefficient (Wildman–Crippen LogP) is 1.68. The summed E-state index contributed by atoms with van der Waals surface area (Å²) in [6.07, 6.45) is 3.34. The Kier molecular flexibility index (Phi) is 4.00. The number of phenols is 1. The van der Waals surface area contributed by atoms with Gasteiger partial charge in [0.15, 0.2) is 11.5 Å². The molecule has 1 aliphatic carbocycles. The Morgan fingerprint density at radius 2 is 2.00 bits per heavy atom. The summed E-state index contributed by atoms with van der Waals surface area (Å²) in [6, 6.07) is 5.94. The second-order valence-corrected chi connectivity index (χ2v) is 6.87. The van der Waals surface area contributed by atoms with Crippen molar-refractivity contribution in [3.63, 3.8) is 0 Å². The fraction of sp³-hybridized carbons (Fsp3) is 0.474. The van der Waals surface area contributed by atoms with Gasteiger partial charge in [-0.2, -0.15) is 0 Å². The van der Waals surface area contributed by atoms with Gasteiger partial charge < -0.3 is 19.8 Å². The number of rotatable bonds is 3. The standard InChI is InChI=1S/C19H21NO5/c21-9-8-20-16(11-4-3-5-12(22)10-11)15-17(23)13-6-1-2-7-14(13)25-18(15)19(20)24/h3-5,10,13-14,16,21-22H,1-2,6-9H2. The summed E-state index contributed by atoms with van der Waals surface area (Å²) in [5, 5.41) is 19.2. The molecule has 4 rings (SSSR count). The fourth-order valence-electron chi connectivity index (χ4n) is 4.27. The number of carbonyl (C=O) groups excluding carboxylic acids is 2. The molecule has 3 aliphatic rings. The minimum absolute atomic E-state index is 0.0203. The van der Waals surface area contributed by atoms with Crippen LogP contribution in [-0.2, 0) is 14.3 Å². The third kappa shape index (κ3) is 2.52. The number of hydrogen-bond acceptors (Lipinski definition) is 5. The summed E-state index contributed by atoms with van der Waals surface area (Å²) in [4.78, 5) is 27.5. The van der Waals surface area contributed by atoms with E-state index in [1.54, 1.807) is 24.3 Å². The van der Waals surface area contributed by atoms with Crippen LogP contribution in [0.15, 0.2) is 35.6 Å². The zero-order valence-electron chi connectivity index (χ0n) is 13.9. The first-order valence-electron chi connectivity index (χ1n) is 8.77.